The molecular formula is C23H26N2. The van der Waals surface area contributed by atoms with Crippen molar-refractivity contribution >= 4 is 0 Å². The lowest BCUT2D eigenvalue weighted by Gasteiger charge is -2.21. The van der Waals surface area contributed by atoms with E-state index in [0.29, 0.717) is 0 Å². The molecule has 2 heteroatoms. The molecule has 1 heterocycles. The van der Waals surface area contributed by atoms with Crippen LogP contribution in [0.2, 0.25) is 0 Å². The van der Waals surface area contributed by atoms with E-state index in [1.807, 2.05) is 24.4 Å². The second-order valence-electron chi connectivity index (χ2n) is 7.43. The largest absolute Gasteiger partial charge is 0.301 e. The van der Waals surface area contributed by atoms with Crippen molar-refractivity contribution in [2.45, 2.75) is 38.8 Å². The molecule has 0 saturated carbocycles. The molecule has 3 aromatic rings. The van der Waals surface area contributed by atoms with Crippen LogP contribution in [0.15, 0.2) is 79.0 Å². The number of nitrogens with one attached hydrogen (secondary N) is 1. The summed E-state index contributed by atoms with van der Waals surface area (Å²) in [5.74, 6) is 0. The number of hydrogen-bond acceptors (Lipinski definition) is 2. The van der Waals surface area contributed by atoms with E-state index in [1.54, 1.807) is 0 Å². The van der Waals surface area contributed by atoms with Crippen LogP contribution in [-0.4, -0.2) is 4.98 Å². The van der Waals surface area contributed by atoms with Gasteiger partial charge in [-0.2, -0.15) is 0 Å². The Morgan fingerprint density at radius 1 is 0.840 bits per heavy atom. The van der Waals surface area contributed by atoms with Crippen LogP contribution in [0.3, 0.4) is 0 Å². The number of aromatic nitrogens is 1. The molecule has 0 saturated heterocycles. The minimum absolute atomic E-state index is 0.0877. The van der Waals surface area contributed by atoms with Gasteiger partial charge in [-0.15, -0.1) is 0 Å². The normalized spacial score (nSPS) is 12.8. The molecule has 2 nitrogen and oxygen atoms in total. The van der Waals surface area contributed by atoms with Gasteiger partial charge in [-0.05, 0) is 34.2 Å². The van der Waals surface area contributed by atoms with Crippen molar-refractivity contribution in [2.75, 3.05) is 0 Å². The summed E-state index contributed by atoms with van der Waals surface area (Å²) >= 11 is 0. The summed E-state index contributed by atoms with van der Waals surface area (Å²) < 4.78 is 0. The van der Waals surface area contributed by atoms with Crippen LogP contribution in [0.5, 0.6) is 0 Å². The molecule has 0 aliphatic carbocycles. The molecule has 0 bridgehead atoms. The Kier molecular flexibility index (Phi) is 5.30. The van der Waals surface area contributed by atoms with Crippen LogP contribution in [0.25, 0.3) is 0 Å². The fourth-order valence-electron chi connectivity index (χ4n) is 2.93. The molecule has 0 spiro atoms. The Balaban J connectivity index is 1.77. The minimum Gasteiger partial charge on any atom is -0.301 e. The number of pyridine rings is 1. The van der Waals surface area contributed by atoms with E-state index in [0.717, 1.165) is 12.2 Å². The van der Waals surface area contributed by atoms with Crippen molar-refractivity contribution in [1.29, 1.82) is 0 Å². The highest BCUT2D eigenvalue weighted by Crippen LogP contribution is 2.23. The monoisotopic (exact) mass is 330 g/mol. The van der Waals surface area contributed by atoms with E-state index in [1.165, 1.54) is 16.7 Å². The predicted octanol–water partition coefficient (Wildman–Crippen LogP) is 5.26. The molecule has 3 rings (SSSR count). The third-order valence-electron chi connectivity index (χ3n) is 4.45. The number of rotatable bonds is 5. The molecule has 0 radical (unpaired) electrons. The Labute approximate surface area is 151 Å². The van der Waals surface area contributed by atoms with E-state index in [4.69, 9.17) is 0 Å². The first-order valence-electron chi connectivity index (χ1n) is 8.83. The molecule has 0 aliphatic rings. The van der Waals surface area contributed by atoms with Crippen LogP contribution in [0, 0.1) is 0 Å². The number of nitrogens with zero attached hydrogens (tertiary/aromatic N) is 1. The fraction of sp³-hybridized carbons (Fsp3) is 0.261. The third kappa shape index (κ3) is 4.55. The zero-order valence-electron chi connectivity index (χ0n) is 15.2. The van der Waals surface area contributed by atoms with Crippen molar-refractivity contribution < 1.29 is 0 Å². The summed E-state index contributed by atoms with van der Waals surface area (Å²) in [6.45, 7) is 7.53. The Morgan fingerprint density at radius 2 is 1.52 bits per heavy atom. The van der Waals surface area contributed by atoms with Crippen LogP contribution >= 0.6 is 0 Å². The average molecular weight is 330 g/mol. The quantitative estimate of drug-likeness (QED) is 0.690. The molecule has 2 aromatic carbocycles. The summed E-state index contributed by atoms with van der Waals surface area (Å²) in [5.41, 5.74) is 5.10. The number of benzene rings is 2. The zero-order valence-corrected chi connectivity index (χ0v) is 15.2. The van der Waals surface area contributed by atoms with Gasteiger partial charge >= 0.3 is 0 Å². The minimum atomic E-state index is 0.0877. The fourth-order valence-corrected chi connectivity index (χ4v) is 2.93. The van der Waals surface area contributed by atoms with Crippen molar-refractivity contribution in [3.63, 3.8) is 0 Å². The van der Waals surface area contributed by atoms with Gasteiger partial charge in [0.1, 0.15) is 0 Å². The van der Waals surface area contributed by atoms with Crippen molar-refractivity contribution in [3.05, 3.63) is 101 Å². The van der Waals surface area contributed by atoms with Crippen LogP contribution in [-0.2, 0) is 12.0 Å². The Hall–Kier alpha value is -2.45. The smallest absolute Gasteiger partial charge is 0.0754 e. The Morgan fingerprint density at radius 3 is 2.12 bits per heavy atom. The molecule has 1 N–H and O–H groups in total. The maximum atomic E-state index is 4.55. The molecule has 25 heavy (non-hydrogen) atoms. The van der Waals surface area contributed by atoms with E-state index in [9.17, 15) is 0 Å². The van der Waals surface area contributed by atoms with E-state index in [2.05, 4.69) is 85.7 Å². The molecule has 1 unspecified atom stereocenters. The predicted molar refractivity (Wildman–Crippen MR) is 105 cm³/mol. The number of hydrogen-bond donors (Lipinski definition) is 1. The summed E-state index contributed by atoms with van der Waals surface area (Å²) in [7, 11) is 0. The summed E-state index contributed by atoms with van der Waals surface area (Å²) in [5, 5.41) is 3.66. The lowest BCUT2D eigenvalue weighted by Crippen LogP contribution is -2.23. The van der Waals surface area contributed by atoms with Crippen molar-refractivity contribution in [2.24, 2.45) is 0 Å². The molecule has 128 valence electrons. The van der Waals surface area contributed by atoms with Gasteiger partial charge in [0.25, 0.3) is 0 Å². The highest BCUT2D eigenvalue weighted by molar-refractivity contribution is 5.30. The topological polar surface area (TPSA) is 24.9 Å². The molecule has 1 aromatic heterocycles. The first-order chi connectivity index (χ1) is 12.0. The summed E-state index contributed by atoms with van der Waals surface area (Å²) in [4.78, 5) is 4.55. The standard InChI is InChI=1S/C23H26N2/c1-23(2,3)20-14-12-18(13-15-20)17-25-22(19-9-5-4-6-10-19)21-11-7-8-16-24-21/h4-16,22,25H,17H2,1-3H3. The van der Waals surface area contributed by atoms with Gasteiger partial charge in [-0.25, -0.2) is 0 Å². The van der Waals surface area contributed by atoms with Crippen molar-refractivity contribution in [3.8, 4) is 0 Å². The molecule has 1 atom stereocenters. The SMILES string of the molecule is CC(C)(C)c1ccc(CNC(c2ccccc2)c2ccccn2)cc1. The molecule has 0 amide bonds. The van der Waals surface area contributed by atoms with Crippen LogP contribution < -0.4 is 5.32 Å². The van der Waals surface area contributed by atoms with Gasteiger partial charge in [0.2, 0.25) is 0 Å². The van der Waals surface area contributed by atoms with Gasteiger partial charge < -0.3 is 5.32 Å². The molecular weight excluding hydrogens is 304 g/mol. The molecule has 0 aliphatic heterocycles. The highest BCUT2D eigenvalue weighted by atomic mass is 14.9. The zero-order chi connectivity index (χ0) is 17.7. The van der Waals surface area contributed by atoms with Gasteiger partial charge in [-0.1, -0.05) is 81.4 Å². The summed E-state index contributed by atoms with van der Waals surface area (Å²) in [6, 6.07) is 25.5. The van der Waals surface area contributed by atoms with Gasteiger partial charge in [0, 0.05) is 12.7 Å². The van der Waals surface area contributed by atoms with E-state index < -0.39 is 0 Å². The van der Waals surface area contributed by atoms with Crippen molar-refractivity contribution in [1.82, 2.24) is 10.3 Å². The lowest BCUT2D eigenvalue weighted by atomic mass is 9.87. The van der Waals surface area contributed by atoms with Gasteiger partial charge in [0.05, 0.1) is 11.7 Å². The lowest BCUT2D eigenvalue weighted by molar-refractivity contribution is 0.583. The second-order valence-corrected chi connectivity index (χ2v) is 7.43. The van der Waals surface area contributed by atoms with Gasteiger partial charge in [-0.3, -0.25) is 4.98 Å². The first kappa shape index (κ1) is 17.4. The van der Waals surface area contributed by atoms with Crippen LogP contribution in [0.1, 0.15) is 49.2 Å². The highest BCUT2D eigenvalue weighted by Gasteiger charge is 2.15. The maximum Gasteiger partial charge on any atom is 0.0754 e. The van der Waals surface area contributed by atoms with E-state index >= 15 is 0 Å². The maximum absolute atomic E-state index is 4.55. The van der Waals surface area contributed by atoms with Crippen LogP contribution in [0.4, 0.5) is 0 Å². The summed E-state index contributed by atoms with van der Waals surface area (Å²) in [6.07, 6.45) is 1.85. The van der Waals surface area contributed by atoms with Gasteiger partial charge in [0.15, 0.2) is 0 Å². The average Bonchev–Trinajstić information content (AvgIpc) is 2.63. The Bertz CT molecular complexity index is 732. The first-order valence-corrected chi connectivity index (χ1v) is 8.83. The van der Waals surface area contributed by atoms with E-state index in [-0.39, 0.29) is 11.5 Å². The second kappa shape index (κ2) is 7.62. The third-order valence-corrected chi connectivity index (χ3v) is 4.45. The molecule has 0 fully saturated rings.